The van der Waals surface area contributed by atoms with Gasteiger partial charge < -0.3 is 0 Å². The Kier molecular flexibility index (Phi) is 4.94. The van der Waals surface area contributed by atoms with Crippen molar-refractivity contribution in [1.29, 1.82) is 0 Å². The summed E-state index contributed by atoms with van der Waals surface area (Å²) >= 11 is 0. The minimum absolute atomic E-state index is 0.0102. The van der Waals surface area contributed by atoms with Crippen molar-refractivity contribution in [2.24, 2.45) is 0 Å². The predicted octanol–water partition coefficient (Wildman–Crippen LogP) is 4.03. The first-order chi connectivity index (χ1) is 9.66. The van der Waals surface area contributed by atoms with E-state index in [-0.39, 0.29) is 17.9 Å². The molecule has 1 aromatic carbocycles. The monoisotopic (exact) mass is 273 g/mol. The summed E-state index contributed by atoms with van der Waals surface area (Å²) in [5, 5.41) is 0. The van der Waals surface area contributed by atoms with Gasteiger partial charge >= 0.3 is 0 Å². The van der Waals surface area contributed by atoms with Crippen molar-refractivity contribution < 1.29 is 9.59 Å². The van der Waals surface area contributed by atoms with Crippen molar-refractivity contribution in [1.82, 2.24) is 4.90 Å². The fourth-order valence-electron chi connectivity index (χ4n) is 2.78. The first kappa shape index (κ1) is 14.8. The molecule has 0 fully saturated rings. The Labute approximate surface area is 121 Å². The summed E-state index contributed by atoms with van der Waals surface area (Å²) in [6.07, 6.45) is 6.89. The van der Waals surface area contributed by atoms with Crippen molar-refractivity contribution >= 4 is 11.8 Å². The molecule has 0 N–H and O–H groups in total. The molecule has 0 aliphatic carbocycles. The molecule has 2 rings (SSSR count). The topological polar surface area (TPSA) is 37.4 Å². The van der Waals surface area contributed by atoms with E-state index in [0.717, 1.165) is 12.8 Å². The highest BCUT2D eigenvalue weighted by atomic mass is 16.2. The Morgan fingerprint density at radius 2 is 1.50 bits per heavy atom. The highest BCUT2D eigenvalue weighted by molar-refractivity contribution is 6.21. The fraction of sp³-hybridized carbons (Fsp3) is 0.529. The summed E-state index contributed by atoms with van der Waals surface area (Å²) in [4.78, 5) is 26.0. The van der Waals surface area contributed by atoms with Gasteiger partial charge in [0.15, 0.2) is 0 Å². The maximum absolute atomic E-state index is 12.3. The standard InChI is InChI=1S/C17H23NO2/c1-3-4-5-6-7-10-13(2)18-16(19)14-11-8-9-12-15(14)17(18)20/h8-9,11-13H,3-7,10H2,1-2H3/t13-/m1/s1. The molecule has 20 heavy (non-hydrogen) atoms. The van der Waals surface area contributed by atoms with Crippen molar-refractivity contribution in [3.8, 4) is 0 Å². The molecule has 108 valence electrons. The second-order valence-corrected chi connectivity index (χ2v) is 5.58. The van der Waals surface area contributed by atoms with Gasteiger partial charge in [0.25, 0.3) is 11.8 Å². The number of imide groups is 1. The quantitative estimate of drug-likeness (QED) is 0.555. The Morgan fingerprint density at radius 1 is 0.950 bits per heavy atom. The van der Waals surface area contributed by atoms with E-state index >= 15 is 0 Å². The zero-order valence-electron chi connectivity index (χ0n) is 12.4. The lowest BCUT2D eigenvalue weighted by molar-refractivity contribution is 0.0588. The van der Waals surface area contributed by atoms with Gasteiger partial charge in [-0.05, 0) is 25.5 Å². The molecule has 0 spiro atoms. The molecule has 0 saturated carbocycles. The van der Waals surface area contributed by atoms with Crippen LogP contribution in [0, 0.1) is 0 Å². The van der Waals surface area contributed by atoms with Gasteiger partial charge in [-0.1, -0.05) is 51.2 Å². The molecule has 3 heteroatoms. The van der Waals surface area contributed by atoms with Crippen LogP contribution in [0.5, 0.6) is 0 Å². The molecule has 0 radical (unpaired) electrons. The minimum Gasteiger partial charge on any atom is -0.272 e. The Balaban J connectivity index is 1.93. The maximum atomic E-state index is 12.3. The average Bonchev–Trinajstić information content (AvgIpc) is 2.71. The van der Waals surface area contributed by atoms with E-state index in [4.69, 9.17) is 0 Å². The number of unbranched alkanes of at least 4 members (excludes halogenated alkanes) is 4. The Bertz CT molecular complexity index is 461. The molecule has 1 heterocycles. The molecular formula is C17H23NO2. The summed E-state index contributed by atoms with van der Waals surface area (Å²) in [7, 11) is 0. The van der Waals surface area contributed by atoms with Gasteiger partial charge in [-0.2, -0.15) is 0 Å². The number of carbonyl (C=O) groups is 2. The largest absolute Gasteiger partial charge is 0.272 e. The third-order valence-corrected chi connectivity index (χ3v) is 3.99. The Hall–Kier alpha value is -1.64. The van der Waals surface area contributed by atoms with E-state index in [1.165, 1.54) is 30.6 Å². The summed E-state index contributed by atoms with van der Waals surface area (Å²) < 4.78 is 0. The molecule has 0 aromatic heterocycles. The number of nitrogens with zero attached hydrogens (tertiary/aromatic N) is 1. The van der Waals surface area contributed by atoms with Gasteiger partial charge in [0.2, 0.25) is 0 Å². The van der Waals surface area contributed by atoms with Gasteiger partial charge in [-0.3, -0.25) is 14.5 Å². The lowest BCUT2D eigenvalue weighted by Crippen LogP contribution is -2.37. The van der Waals surface area contributed by atoms with Crippen LogP contribution in [-0.4, -0.2) is 22.8 Å². The van der Waals surface area contributed by atoms with Crippen LogP contribution in [0.3, 0.4) is 0 Å². The maximum Gasteiger partial charge on any atom is 0.261 e. The second-order valence-electron chi connectivity index (χ2n) is 5.58. The number of hydrogen-bond donors (Lipinski definition) is 0. The van der Waals surface area contributed by atoms with E-state index in [1.807, 2.05) is 19.1 Å². The summed E-state index contributed by atoms with van der Waals surface area (Å²) in [5.74, 6) is -0.265. The van der Waals surface area contributed by atoms with Crippen molar-refractivity contribution in [2.45, 2.75) is 58.4 Å². The molecule has 1 atom stereocenters. The molecule has 0 unspecified atom stereocenters. The van der Waals surface area contributed by atoms with Gasteiger partial charge in [-0.25, -0.2) is 0 Å². The number of carbonyl (C=O) groups excluding carboxylic acids is 2. The highest BCUT2D eigenvalue weighted by Crippen LogP contribution is 2.26. The van der Waals surface area contributed by atoms with Crippen LogP contribution in [-0.2, 0) is 0 Å². The van der Waals surface area contributed by atoms with Crippen LogP contribution in [0.15, 0.2) is 24.3 Å². The predicted molar refractivity (Wildman–Crippen MR) is 79.8 cm³/mol. The molecule has 0 saturated heterocycles. The summed E-state index contributed by atoms with van der Waals surface area (Å²) in [6.45, 7) is 4.17. The summed E-state index contributed by atoms with van der Waals surface area (Å²) in [6, 6.07) is 7.09. The van der Waals surface area contributed by atoms with Crippen LogP contribution in [0.25, 0.3) is 0 Å². The highest BCUT2D eigenvalue weighted by Gasteiger charge is 2.37. The zero-order chi connectivity index (χ0) is 14.5. The van der Waals surface area contributed by atoms with Gasteiger partial charge in [0, 0.05) is 6.04 Å². The second kappa shape index (κ2) is 6.69. The van der Waals surface area contributed by atoms with Crippen LogP contribution in [0.2, 0.25) is 0 Å². The van der Waals surface area contributed by atoms with Crippen LogP contribution in [0.4, 0.5) is 0 Å². The first-order valence-electron chi connectivity index (χ1n) is 7.63. The van der Waals surface area contributed by atoms with E-state index in [1.54, 1.807) is 12.1 Å². The molecule has 1 aromatic rings. The van der Waals surface area contributed by atoms with Crippen LogP contribution < -0.4 is 0 Å². The molecule has 1 aliphatic heterocycles. The molecular weight excluding hydrogens is 250 g/mol. The number of hydrogen-bond acceptors (Lipinski definition) is 2. The number of amides is 2. The normalized spacial score (nSPS) is 15.6. The number of fused-ring (bicyclic) bond motifs is 1. The number of rotatable bonds is 7. The van der Waals surface area contributed by atoms with Gasteiger partial charge in [0.05, 0.1) is 11.1 Å². The Morgan fingerprint density at radius 3 is 2.05 bits per heavy atom. The molecule has 3 nitrogen and oxygen atoms in total. The van der Waals surface area contributed by atoms with Crippen molar-refractivity contribution in [3.05, 3.63) is 35.4 Å². The van der Waals surface area contributed by atoms with Gasteiger partial charge in [-0.15, -0.1) is 0 Å². The van der Waals surface area contributed by atoms with E-state index in [2.05, 4.69) is 6.92 Å². The van der Waals surface area contributed by atoms with E-state index in [0.29, 0.717) is 11.1 Å². The van der Waals surface area contributed by atoms with Crippen molar-refractivity contribution in [2.75, 3.05) is 0 Å². The molecule has 0 bridgehead atoms. The number of benzene rings is 1. The SMILES string of the molecule is CCCCCCC[C@@H](C)N1C(=O)c2ccccc2C1=O. The third-order valence-electron chi connectivity index (χ3n) is 3.99. The summed E-state index contributed by atoms with van der Waals surface area (Å²) in [5.41, 5.74) is 1.10. The lowest BCUT2D eigenvalue weighted by atomic mass is 10.1. The van der Waals surface area contributed by atoms with Crippen LogP contribution in [0.1, 0.15) is 73.1 Å². The van der Waals surface area contributed by atoms with Crippen LogP contribution >= 0.6 is 0 Å². The molecule has 1 aliphatic rings. The fourth-order valence-corrected chi connectivity index (χ4v) is 2.78. The lowest BCUT2D eigenvalue weighted by Gasteiger charge is -2.22. The first-order valence-corrected chi connectivity index (χ1v) is 7.63. The average molecular weight is 273 g/mol. The smallest absolute Gasteiger partial charge is 0.261 e. The van der Waals surface area contributed by atoms with E-state index in [9.17, 15) is 9.59 Å². The van der Waals surface area contributed by atoms with Gasteiger partial charge in [0.1, 0.15) is 0 Å². The van der Waals surface area contributed by atoms with Crippen molar-refractivity contribution in [3.63, 3.8) is 0 Å². The third kappa shape index (κ3) is 2.92. The zero-order valence-corrected chi connectivity index (χ0v) is 12.4. The van der Waals surface area contributed by atoms with E-state index < -0.39 is 0 Å². The minimum atomic E-state index is -0.133. The molecule has 2 amide bonds.